The molecule has 0 spiro atoms. The molecule has 0 aliphatic carbocycles. The number of hydrogen-bond acceptors (Lipinski definition) is 5. The third-order valence-electron chi connectivity index (χ3n) is 4.25. The van der Waals surface area contributed by atoms with E-state index in [0.717, 1.165) is 5.56 Å². The number of ether oxygens (including phenoxy) is 1. The summed E-state index contributed by atoms with van der Waals surface area (Å²) in [6.07, 6.45) is 2.50. The average molecular weight is 343 g/mol. The van der Waals surface area contributed by atoms with Crippen LogP contribution in [0.5, 0.6) is 0 Å². The molecule has 0 radical (unpaired) electrons. The highest BCUT2D eigenvalue weighted by molar-refractivity contribution is 6.02. The molecule has 1 aliphatic heterocycles. The van der Waals surface area contributed by atoms with E-state index in [4.69, 9.17) is 14.9 Å². The van der Waals surface area contributed by atoms with Crippen LogP contribution in [0.2, 0.25) is 0 Å². The van der Waals surface area contributed by atoms with Crippen LogP contribution in [0.3, 0.4) is 0 Å². The van der Waals surface area contributed by atoms with E-state index in [1.807, 2.05) is 12.1 Å². The molecule has 2 aromatic rings. The Bertz CT molecular complexity index is 719. The van der Waals surface area contributed by atoms with Gasteiger partial charge in [0, 0.05) is 25.4 Å². The second-order valence-corrected chi connectivity index (χ2v) is 6.08. The maximum Gasteiger partial charge on any atom is 0.291 e. The molecule has 1 aromatic heterocycles. The number of furan rings is 1. The monoisotopic (exact) mass is 343 g/mol. The molecule has 0 bridgehead atoms. The number of anilines is 1. The largest absolute Gasteiger partial charge is 0.459 e. The summed E-state index contributed by atoms with van der Waals surface area (Å²) in [5, 5.41) is 5.61. The highest BCUT2D eigenvalue weighted by atomic mass is 16.5. The van der Waals surface area contributed by atoms with Crippen LogP contribution in [0.15, 0.2) is 47.1 Å². The van der Waals surface area contributed by atoms with Crippen molar-refractivity contribution < 1.29 is 18.7 Å². The molecule has 1 aliphatic rings. The zero-order valence-corrected chi connectivity index (χ0v) is 13.8. The predicted octanol–water partition coefficient (Wildman–Crippen LogP) is 1.66. The maximum atomic E-state index is 12.3. The Morgan fingerprint density at radius 3 is 2.48 bits per heavy atom. The number of carbonyl (C=O) groups is 2. The third-order valence-corrected chi connectivity index (χ3v) is 4.25. The highest BCUT2D eigenvalue weighted by Gasteiger charge is 2.35. The molecule has 0 atom stereocenters. The van der Waals surface area contributed by atoms with Gasteiger partial charge in [0.15, 0.2) is 5.76 Å². The molecular weight excluding hydrogens is 322 g/mol. The first-order chi connectivity index (χ1) is 12.1. The first kappa shape index (κ1) is 17.2. The van der Waals surface area contributed by atoms with E-state index in [0.29, 0.717) is 38.3 Å². The van der Waals surface area contributed by atoms with Gasteiger partial charge in [-0.15, -0.1) is 0 Å². The summed E-state index contributed by atoms with van der Waals surface area (Å²) in [6.45, 7) is 1.40. The van der Waals surface area contributed by atoms with Crippen molar-refractivity contribution in [3.8, 4) is 0 Å². The fourth-order valence-electron chi connectivity index (χ4n) is 2.63. The van der Waals surface area contributed by atoms with E-state index in [2.05, 4.69) is 10.6 Å². The van der Waals surface area contributed by atoms with Gasteiger partial charge in [-0.2, -0.15) is 0 Å². The minimum atomic E-state index is -0.852. The van der Waals surface area contributed by atoms with Crippen molar-refractivity contribution in [3.05, 3.63) is 54.0 Å². The van der Waals surface area contributed by atoms with Crippen LogP contribution in [0, 0.1) is 0 Å². The van der Waals surface area contributed by atoms with Gasteiger partial charge in [0.1, 0.15) is 0 Å². The molecule has 0 saturated carbocycles. The van der Waals surface area contributed by atoms with Crippen molar-refractivity contribution in [1.82, 2.24) is 5.32 Å². The van der Waals surface area contributed by atoms with Gasteiger partial charge in [-0.05, 0) is 42.7 Å². The van der Waals surface area contributed by atoms with Gasteiger partial charge in [0.25, 0.3) is 5.91 Å². The van der Waals surface area contributed by atoms with Crippen LogP contribution >= 0.6 is 0 Å². The van der Waals surface area contributed by atoms with Crippen molar-refractivity contribution in [3.63, 3.8) is 0 Å². The molecule has 3 rings (SSSR count). The fourth-order valence-corrected chi connectivity index (χ4v) is 2.63. The van der Waals surface area contributed by atoms with Crippen molar-refractivity contribution >= 4 is 17.5 Å². The molecular formula is C18H21N3O4. The summed E-state index contributed by atoms with van der Waals surface area (Å²) < 4.78 is 10.3. The van der Waals surface area contributed by atoms with Gasteiger partial charge in [0.2, 0.25) is 5.91 Å². The number of hydrogen-bond donors (Lipinski definition) is 3. The molecule has 2 amide bonds. The lowest BCUT2D eigenvalue weighted by Gasteiger charge is -2.31. The molecule has 2 heterocycles. The lowest BCUT2D eigenvalue weighted by atomic mass is 9.90. The molecule has 132 valence electrons. The number of nitrogens with two attached hydrogens (primary N) is 1. The number of rotatable bonds is 5. The molecule has 0 unspecified atom stereocenters. The standard InChI is InChI=1S/C18H21N3O4/c19-18(7-10-24-11-8-18)17(23)20-12-13-3-5-14(6-4-13)21-16(22)15-2-1-9-25-15/h1-6,9H,7-8,10-12,19H2,(H,20,23)(H,21,22). The lowest BCUT2D eigenvalue weighted by Crippen LogP contribution is -2.56. The van der Waals surface area contributed by atoms with Crippen LogP contribution in [0.25, 0.3) is 0 Å². The smallest absolute Gasteiger partial charge is 0.291 e. The Balaban J connectivity index is 1.52. The van der Waals surface area contributed by atoms with E-state index in [-0.39, 0.29) is 17.6 Å². The van der Waals surface area contributed by atoms with Gasteiger partial charge in [0.05, 0.1) is 11.8 Å². The summed E-state index contributed by atoms with van der Waals surface area (Å²) in [4.78, 5) is 24.2. The Morgan fingerprint density at radius 1 is 1.12 bits per heavy atom. The third kappa shape index (κ3) is 4.26. The summed E-state index contributed by atoms with van der Waals surface area (Å²) in [7, 11) is 0. The molecule has 25 heavy (non-hydrogen) atoms. The van der Waals surface area contributed by atoms with Crippen LogP contribution < -0.4 is 16.4 Å². The van der Waals surface area contributed by atoms with Crippen molar-refractivity contribution in [2.75, 3.05) is 18.5 Å². The SMILES string of the molecule is NC1(C(=O)NCc2ccc(NC(=O)c3ccco3)cc2)CCOCC1. The topological polar surface area (TPSA) is 107 Å². The molecule has 1 aromatic carbocycles. The Hall–Kier alpha value is -2.64. The van der Waals surface area contributed by atoms with Crippen molar-refractivity contribution in [2.45, 2.75) is 24.9 Å². The van der Waals surface area contributed by atoms with Crippen LogP contribution in [-0.4, -0.2) is 30.6 Å². The van der Waals surface area contributed by atoms with Crippen molar-refractivity contribution in [1.29, 1.82) is 0 Å². The number of nitrogens with one attached hydrogen (secondary N) is 2. The van der Waals surface area contributed by atoms with Crippen molar-refractivity contribution in [2.24, 2.45) is 5.73 Å². The number of benzene rings is 1. The van der Waals surface area contributed by atoms with E-state index < -0.39 is 5.54 Å². The van der Waals surface area contributed by atoms with E-state index in [1.54, 1.807) is 24.3 Å². The number of amides is 2. The second-order valence-electron chi connectivity index (χ2n) is 6.08. The summed E-state index contributed by atoms with van der Waals surface area (Å²) in [6, 6.07) is 10.5. The second kappa shape index (κ2) is 7.50. The van der Waals surface area contributed by atoms with Crippen LogP contribution in [-0.2, 0) is 16.1 Å². The molecule has 4 N–H and O–H groups in total. The van der Waals surface area contributed by atoms with E-state index in [9.17, 15) is 9.59 Å². The highest BCUT2D eigenvalue weighted by Crippen LogP contribution is 2.18. The zero-order chi connectivity index (χ0) is 17.7. The lowest BCUT2D eigenvalue weighted by molar-refractivity contribution is -0.129. The number of carbonyl (C=O) groups excluding carboxylic acids is 2. The van der Waals surface area contributed by atoms with E-state index in [1.165, 1.54) is 6.26 Å². The Kier molecular flexibility index (Phi) is 5.16. The summed E-state index contributed by atoms with van der Waals surface area (Å²) in [5.41, 5.74) is 6.86. The zero-order valence-electron chi connectivity index (χ0n) is 13.8. The van der Waals surface area contributed by atoms with Gasteiger partial charge in [-0.25, -0.2) is 0 Å². The fraction of sp³-hybridized carbons (Fsp3) is 0.333. The normalized spacial score (nSPS) is 16.2. The van der Waals surface area contributed by atoms with Gasteiger partial charge in [-0.3, -0.25) is 9.59 Å². The van der Waals surface area contributed by atoms with E-state index >= 15 is 0 Å². The first-order valence-electron chi connectivity index (χ1n) is 8.16. The summed E-state index contributed by atoms with van der Waals surface area (Å²) in [5.74, 6) is -0.220. The quantitative estimate of drug-likeness (QED) is 0.765. The Labute approximate surface area is 145 Å². The van der Waals surface area contributed by atoms with Gasteiger partial charge < -0.3 is 25.5 Å². The average Bonchev–Trinajstić information content (AvgIpc) is 3.16. The van der Waals surface area contributed by atoms with Crippen LogP contribution in [0.4, 0.5) is 5.69 Å². The summed E-state index contributed by atoms with van der Waals surface area (Å²) >= 11 is 0. The molecule has 1 saturated heterocycles. The van der Waals surface area contributed by atoms with Gasteiger partial charge >= 0.3 is 0 Å². The minimum absolute atomic E-state index is 0.161. The Morgan fingerprint density at radius 2 is 1.84 bits per heavy atom. The predicted molar refractivity (Wildman–Crippen MR) is 91.9 cm³/mol. The van der Waals surface area contributed by atoms with Crippen LogP contribution in [0.1, 0.15) is 29.0 Å². The van der Waals surface area contributed by atoms with Gasteiger partial charge in [-0.1, -0.05) is 12.1 Å². The first-order valence-corrected chi connectivity index (χ1v) is 8.16. The molecule has 1 fully saturated rings. The molecule has 7 nitrogen and oxygen atoms in total. The minimum Gasteiger partial charge on any atom is -0.459 e. The maximum absolute atomic E-state index is 12.3. The molecule has 7 heteroatoms.